The number of carbonyl (C=O) groups excluding carboxylic acids is 1. The van der Waals surface area contributed by atoms with Crippen molar-refractivity contribution in [2.24, 2.45) is 11.7 Å². The van der Waals surface area contributed by atoms with Gasteiger partial charge >= 0.3 is 11.9 Å². The van der Waals surface area contributed by atoms with Gasteiger partial charge in [0.15, 0.2) is 0 Å². The number of carboxylic acids is 1. The fraction of sp³-hybridized carbons (Fsp3) is 0.500. The molecule has 116 valence electrons. The highest BCUT2D eigenvalue weighted by Gasteiger charge is 2.33. The Morgan fingerprint density at radius 1 is 1.24 bits per heavy atom. The Morgan fingerprint density at radius 2 is 1.81 bits per heavy atom. The average Bonchev–Trinajstić information content (AvgIpc) is 2.37. The molecule has 0 bridgehead atoms. The number of carboxylic acid groups (broad SMARTS) is 1. The molecule has 0 aliphatic rings. The summed E-state index contributed by atoms with van der Waals surface area (Å²) < 4.78 is 5.28. The predicted octanol–water partition coefficient (Wildman–Crippen LogP) is 1.99. The molecule has 0 aliphatic heterocycles. The van der Waals surface area contributed by atoms with Crippen LogP contribution in [0.25, 0.3) is 0 Å². The van der Waals surface area contributed by atoms with Crippen molar-refractivity contribution in [2.75, 3.05) is 0 Å². The van der Waals surface area contributed by atoms with Gasteiger partial charge in [0.1, 0.15) is 11.6 Å². The maximum Gasteiger partial charge on any atom is 0.321 e. The third-order valence-corrected chi connectivity index (χ3v) is 3.02. The standard InChI is InChI=1S/C16H23NO4/c1-16(2,3)21-15(20)12(13(17)14(18)19)10-9-11-7-5-4-6-8-11/h4-8,12-13H,9-10,17H2,1-3H3,(H,18,19). The smallest absolute Gasteiger partial charge is 0.321 e. The van der Waals surface area contributed by atoms with Crippen LogP contribution in [0.15, 0.2) is 30.3 Å². The molecule has 0 spiro atoms. The highest BCUT2D eigenvalue weighted by Crippen LogP contribution is 2.18. The Balaban J connectivity index is 2.78. The number of nitrogens with two attached hydrogens (primary N) is 1. The van der Waals surface area contributed by atoms with Crippen LogP contribution in [-0.4, -0.2) is 28.7 Å². The van der Waals surface area contributed by atoms with E-state index >= 15 is 0 Å². The monoisotopic (exact) mass is 293 g/mol. The van der Waals surface area contributed by atoms with Crippen LogP contribution in [0, 0.1) is 5.92 Å². The molecule has 3 N–H and O–H groups in total. The lowest BCUT2D eigenvalue weighted by Crippen LogP contribution is -2.44. The Kier molecular flexibility index (Phi) is 5.90. The van der Waals surface area contributed by atoms with Crippen LogP contribution in [0.5, 0.6) is 0 Å². The molecule has 2 atom stereocenters. The van der Waals surface area contributed by atoms with Crippen molar-refractivity contribution in [2.45, 2.75) is 45.3 Å². The van der Waals surface area contributed by atoms with E-state index in [1.807, 2.05) is 30.3 Å². The fourth-order valence-electron chi connectivity index (χ4n) is 1.96. The van der Waals surface area contributed by atoms with Gasteiger partial charge in [-0.15, -0.1) is 0 Å². The summed E-state index contributed by atoms with van der Waals surface area (Å²) in [5.74, 6) is -2.62. The summed E-state index contributed by atoms with van der Waals surface area (Å²) in [5.41, 5.74) is 6.01. The first-order valence-corrected chi connectivity index (χ1v) is 6.96. The van der Waals surface area contributed by atoms with Crippen LogP contribution in [-0.2, 0) is 20.7 Å². The molecule has 0 aromatic heterocycles. The summed E-state index contributed by atoms with van der Waals surface area (Å²) in [6.45, 7) is 5.22. The molecule has 5 nitrogen and oxygen atoms in total. The number of carbonyl (C=O) groups is 2. The molecular weight excluding hydrogens is 270 g/mol. The Morgan fingerprint density at radius 3 is 2.29 bits per heavy atom. The minimum atomic E-state index is -1.26. The molecule has 1 aromatic rings. The van der Waals surface area contributed by atoms with Gasteiger partial charge in [-0.25, -0.2) is 0 Å². The molecular formula is C16H23NO4. The maximum atomic E-state index is 12.2. The number of aliphatic carboxylic acids is 1. The number of ether oxygens (including phenoxy) is 1. The van der Waals surface area contributed by atoms with Crippen LogP contribution < -0.4 is 5.73 Å². The Bertz CT molecular complexity index is 479. The van der Waals surface area contributed by atoms with Gasteiger partial charge in [-0.3, -0.25) is 9.59 Å². The van der Waals surface area contributed by atoms with E-state index in [0.717, 1.165) is 5.56 Å². The van der Waals surface area contributed by atoms with E-state index < -0.39 is 29.5 Å². The third kappa shape index (κ3) is 5.95. The lowest BCUT2D eigenvalue weighted by molar-refractivity contribution is -0.164. The van der Waals surface area contributed by atoms with Gasteiger partial charge < -0.3 is 15.6 Å². The maximum absolute atomic E-state index is 12.2. The van der Waals surface area contributed by atoms with E-state index in [4.69, 9.17) is 15.6 Å². The molecule has 1 rings (SSSR count). The van der Waals surface area contributed by atoms with E-state index in [0.29, 0.717) is 12.8 Å². The quantitative estimate of drug-likeness (QED) is 0.783. The normalized spacial score (nSPS) is 14.3. The molecule has 0 radical (unpaired) electrons. The van der Waals surface area contributed by atoms with Gasteiger partial charge in [0.25, 0.3) is 0 Å². The first kappa shape index (κ1) is 17.2. The van der Waals surface area contributed by atoms with E-state index in [9.17, 15) is 9.59 Å². The highest BCUT2D eigenvalue weighted by molar-refractivity contribution is 5.83. The van der Waals surface area contributed by atoms with Crippen LogP contribution in [0.1, 0.15) is 32.8 Å². The second-order valence-corrected chi connectivity index (χ2v) is 6.03. The van der Waals surface area contributed by atoms with Crippen molar-refractivity contribution in [1.82, 2.24) is 0 Å². The van der Waals surface area contributed by atoms with E-state index in [1.54, 1.807) is 20.8 Å². The van der Waals surface area contributed by atoms with Crippen LogP contribution in [0.3, 0.4) is 0 Å². The molecule has 5 heteroatoms. The number of hydrogen-bond acceptors (Lipinski definition) is 4. The Hall–Kier alpha value is -1.88. The summed E-state index contributed by atoms with van der Waals surface area (Å²) in [4.78, 5) is 23.2. The molecule has 0 amide bonds. The number of rotatable bonds is 6. The first-order valence-electron chi connectivity index (χ1n) is 6.96. The molecule has 0 saturated heterocycles. The van der Waals surface area contributed by atoms with Gasteiger partial charge in [-0.2, -0.15) is 0 Å². The van der Waals surface area contributed by atoms with Crippen molar-refractivity contribution >= 4 is 11.9 Å². The second-order valence-electron chi connectivity index (χ2n) is 6.03. The fourth-order valence-corrected chi connectivity index (χ4v) is 1.96. The number of hydrogen-bond donors (Lipinski definition) is 2. The van der Waals surface area contributed by atoms with Gasteiger partial charge in [-0.1, -0.05) is 30.3 Å². The zero-order valence-electron chi connectivity index (χ0n) is 12.7. The summed E-state index contributed by atoms with van der Waals surface area (Å²) in [7, 11) is 0. The van der Waals surface area contributed by atoms with Crippen molar-refractivity contribution in [1.29, 1.82) is 0 Å². The summed E-state index contributed by atoms with van der Waals surface area (Å²) >= 11 is 0. The minimum absolute atomic E-state index is 0.340. The third-order valence-electron chi connectivity index (χ3n) is 3.02. The van der Waals surface area contributed by atoms with Gasteiger partial charge in [0.2, 0.25) is 0 Å². The molecule has 21 heavy (non-hydrogen) atoms. The average molecular weight is 293 g/mol. The molecule has 1 aromatic carbocycles. The van der Waals surface area contributed by atoms with Crippen molar-refractivity contribution in [3.8, 4) is 0 Å². The molecule has 2 unspecified atom stereocenters. The number of esters is 1. The lowest BCUT2D eigenvalue weighted by atomic mass is 9.92. The number of aryl methyl sites for hydroxylation is 1. The highest BCUT2D eigenvalue weighted by atomic mass is 16.6. The van der Waals surface area contributed by atoms with Gasteiger partial charge in [0.05, 0.1) is 5.92 Å². The molecule has 0 fully saturated rings. The van der Waals surface area contributed by atoms with Gasteiger partial charge in [0, 0.05) is 0 Å². The molecule has 0 heterocycles. The summed E-state index contributed by atoms with van der Waals surface area (Å²) in [6, 6.07) is 8.29. The molecule has 0 aliphatic carbocycles. The van der Waals surface area contributed by atoms with E-state index in [2.05, 4.69) is 0 Å². The second kappa shape index (κ2) is 7.22. The zero-order valence-corrected chi connectivity index (χ0v) is 12.7. The van der Waals surface area contributed by atoms with Gasteiger partial charge in [-0.05, 0) is 39.2 Å². The van der Waals surface area contributed by atoms with Crippen LogP contribution in [0.4, 0.5) is 0 Å². The largest absolute Gasteiger partial charge is 0.480 e. The van der Waals surface area contributed by atoms with Crippen molar-refractivity contribution in [3.05, 3.63) is 35.9 Å². The topological polar surface area (TPSA) is 89.6 Å². The zero-order chi connectivity index (χ0) is 16.0. The minimum Gasteiger partial charge on any atom is -0.480 e. The van der Waals surface area contributed by atoms with Crippen molar-refractivity contribution < 1.29 is 19.4 Å². The lowest BCUT2D eigenvalue weighted by Gasteiger charge is -2.25. The van der Waals surface area contributed by atoms with E-state index in [1.165, 1.54) is 0 Å². The summed E-state index contributed by atoms with van der Waals surface area (Å²) in [6.07, 6.45) is 0.915. The van der Waals surface area contributed by atoms with Crippen LogP contribution >= 0.6 is 0 Å². The summed E-state index contributed by atoms with van der Waals surface area (Å²) in [5, 5.41) is 9.06. The predicted molar refractivity (Wildman–Crippen MR) is 79.7 cm³/mol. The first-order chi connectivity index (χ1) is 9.70. The van der Waals surface area contributed by atoms with Crippen molar-refractivity contribution in [3.63, 3.8) is 0 Å². The van der Waals surface area contributed by atoms with E-state index in [-0.39, 0.29) is 0 Å². The Labute approximate surface area is 125 Å². The van der Waals surface area contributed by atoms with Crippen LogP contribution in [0.2, 0.25) is 0 Å². The SMILES string of the molecule is CC(C)(C)OC(=O)C(CCc1ccccc1)C(N)C(=O)O. The number of benzene rings is 1. The molecule has 0 saturated carbocycles.